The van der Waals surface area contributed by atoms with Gasteiger partial charge in [0.1, 0.15) is 11.7 Å². The third-order valence-corrected chi connectivity index (χ3v) is 4.47. The Labute approximate surface area is 168 Å². The fraction of sp³-hybridized carbons (Fsp3) is 0.294. The lowest BCUT2D eigenvalue weighted by Crippen LogP contribution is -2.43. The quantitative estimate of drug-likeness (QED) is 0.526. The number of amides is 1. The molecule has 1 amide bonds. The summed E-state index contributed by atoms with van der Waals surface area (Å²) in [6, 6.07) is 6.69. The van der Waals surface area contributed by atoms with Gasteiger partial charge in [0.2, 0.25) is 0 Å². The van der Waals surface area contributed by atoms with Crippen LogP contribution in [-0.2, 0) is 19.6 Å². The van der Waals surface area contributed by atoms with E-state index in [0.717, 1.165) is 15.3 Å². The zero-order valence-corrected chi connectivity index (χ0v) is 16.2. The average molecular weight is 420 g/mol. The molecule has 0 saturated heterocycles. The Bertz CT molecular complexity index is 1150. The van der Waals surface area contributed by atoms with Crippen LogP contribution in [-0.4, -0.2) is 40.4 Å². The van der Waals surface area contributed by atoms with Crippen LogP contribution in [0, 0.1) is 0 Å². The summed E-state index contributed by atoms with van der Waals surface area (Å²) in [6.45, 7) is 1.58. The van der Waals surface area contributed by atoms with Crippen molar-refractivity contribution in [3.8, 4) is 0 Å². The number of nitrogens with two attached hydrogens (primary N) is 1. The standard InChI is InChI=1S/C17H18ClN7O4/c1-2-24-16(28)12(15(19)27)7-23(17(24)29)9-14-20-22-25(21-14)8-13(26)10-3-5-11(18)6-4-10/h3-7,13,26H,2,8-9H2,1H3,(H2,19,27)/t13-/m0/s1. The molecule has 1 aromatic carbocycles. The van der Waals surface area contributed by atoms with E-state index in [-0.39, 0.29) is 31.0 Å². The predicted octanol–water partition coefficient (Wildman–Crippen LogP) is -0.449. The van der Waals surface area contributed by atoms with Crippen molar-refractivity contribution in [1.82, 2.24) is 29.3 Å². The van der Waals surface area contributed by atoms with Gasteiger partial charge in [-0.15, -0.1) is 10.2 Å². The van der Waals surface area contributed by atoms with Crippen molar-refractivity contribution in [2.45, 2.75) is 32.7 Å². The molecule has 0 aliphatic heterocycles. The second-order valence-electron chi connectivity index (χ2n) is 6.19. The van der Waals surface area contributed by atoms with Gasteiger partial charge >= 0.3 is 5.69 Å². The number of aliphatic hydroxyl groups is 1. The zero-order valence-electron chi connectivity index (χ0n) is 15.4. The van der Waals surface area contributed by atoms with E-state index in [2.05, 4.69) is 15.4 Å². The van der Waals surface area contributed by atoms with Crippen LogP contribution < -0.4 is 17.0 Å². The second kappa shape index (κ2) is 8.37. The summed E-state index contributed by atoms with van der Waals surface area (Å²) in [5.41, 5.74) is 4.17. The van der Waals surface area contributed by atoms with E-state index in [1.165, 1.54) is 4.80 Å². The number of benzene rings is 1. The molecule has 3 rings (SSSR count). The summed E-state index contributed by atoms with van der Waals surface area (Å²) in [6.07, 6.45) is 0.197. The normalized spacial score (nSPS) is 12.1. The van der Waals surface area contributed by atoms with Gasteiger partial charge in [-0.05, 0) is 29.8 Å². The number of carbonyl (C=O) groups is 1. The number of hydrogen-bond donors (Lipinski definition) is 2. The minimum absolute atomic E-state index is 0.0323. The average Bonchev–Trinajstić information content (AvgIpc) is 3.11. The Morgan fingerprint density at radius 1 is 1.28 bits per heavy atom. The van der Waals surface area contributed by atoms with Crippen LogP contribution >= 0.6 is 11.6 Å². The van der Waals surface area contributed by atoms with Crippen LogP contribution in [0.1, 0.15) is 34.8 Å². The number of hydrogen-bond acceptors (Lipinski definition) is 7. The van der Waals surface area contributed by atoms with E-state index in [1.54, 1.807) is 31.2 Å². The summed E-state index contributed by atoms with van der Waals surface area (Å²) in [5, 5.41) is 22.7. The summed E-state index contributed by atoms with van der Waals surface area (Å²) in [4.78, 5) is 37.2. The first-order valence-electron chi connectivity index (χ1n) is 8.64. The topological polar surface area (TPSA) is 151 Å². The van der Waals surface area contributed by atoms with Crippen molar-refractivity contribution in [2.24, 2.45) is 5.73 Å². The van der Waals surface area contributed by atoms with Crippen molar-refractivity contribution < 1.29 is 9.90 Å². The molecule has 0 saturated carbocycles. The maximum Gasteiger partial charge on any atom is 0.331 e. The van der Waals surface area contributed by atoms with Crippen LogP contribution in [0.15, 0.2) is 40.1 Å². The maximum atomic E-state index is 12.4. The van der Waals surface area contributed by atoms with Gasteiger partial charge in [0.05, 0.1) is 13.1 Å². The molecule has 0 unspecified atom stereocenters. The number of aromatic nitrogens is 6. The number of rotatable bonds is 7. The maximum absolute atomic E-state index is 12.4. The summed E-state index contributed by atoms with van der Waals surface area (Å²) in [5.74, 6) is -0.777. The van der Waals surface area contributed by atoms with Crippen LogP contribution in [0.25, 0.3) is 0 Å². The first-order chi connectivity index (χ1) is 13.8. The van der Waals surface area contributed by atoms with Gasteiger partial charge in [-0.3, -0.25) is 18.7 Å². The molecule has 152 valence electrons. The Morgan fingerprint density at radius 2 is 1.97 bits per heavy atom. The summed E-state index contributed by atoms with van der Waals surface area (Å²) >= 11 is 5.83. The first-order valence-corrected chi connectivity index (χ1v) is 9.02. The lowest BCUT2D eigenvalue weighted by Gasteiger charge is -2.10. The molecule has 12 heteroatoms. The molecular formula is C17H18ClN7O4. The molecule has 0 fully saturated rings. The van der Waals surface area contributed by atoms with Gasteiger partial charge in [-0.25, -0.2) is 4.79 Å². The summed E-state index contributed by atoms with van der Waals surface area (Å²) < 4.78 is 2.01. The lowest BCUT2D eigenvalue weighted by atomic mass is 10.1. The van der Waals surface area contributed by atoms with Gasteiger partial charge < -0.3 is 10.8 Å². The number of primary amides is 1. The molecule has 0 spiro atoms. The fourth-order valence-corrected chi connectivity index (χ4v) is 2.86. The SMILES string of the molecule is CCn1c(=O)c(C(N)=O)cn(Cc2nnn(C[C@H](O)c3ccc(Cl)cc3)n2)c1=O. The molecule has 3 N–H and O–H groups in total. The minimum atomic E-state index is -0.936. The van der Waals surface area contributed by atoms with Crippen LogP contribution in [0.4, 0.5) is 0 Å². The molecule has 0 bridgehead atoms. The van der Waals surface area contributed by atoms with Gasteiger partial charge in [0, 0.05) is 17.8 Å². The third-order valence-electron chi connectivity index (χ3n) is 4.22. The Balaban J connectivity index is 1.82. The van der Waals surface area contributed by atoms with Crippen molar-refractivity contribution in [3.05, 3.63) is 73.3 Å². The molecule has 2 aromatic heterocycles. The van der Waals surface area contributed by atoms with Crippen molar-refractivity contribution in [2.75, 3.05) is 0 Å². The zero-order chi connectivity index (χ0) is 21.1. The molecule has 0 aliphatic carbocycles. The molecule has 0 radical (unpaired) electrons. The number of aliphatic hydroxyl groups excluding tert-OH is 1. The molecule has 3 aromatic rings. The number of carbonyl (C=O) groups excluding carboxylic acids is 1. The molecule has 2 heterocycles. The van der Waals surface area contributed by atoms with E-state index < -0.39 is 23.3 Å². The van der Waals surface area contributed by atoms with Crippen molar-refractivity contribution in [1.29, 1.82) is 0 Å². The molecule has 29 heavy (non-hydrogen) atoms. The van der Waals surface area contributed by atoms with Crippen LogP contribution in [0.3, 0.4) is 0 Å². The van der Waals surface area contributed by atoms with Crippen LogP contribution in [0.5, 0.6) is 0 Å². The van der Waals surface area contributed by atoms with Gasteiger partial charge in [0.25, 0.3) is 11.5 Å². The highest BCUT2D eigenvalue weighted by Crippen LogP contribution is 2.17. The Morgan fingerprint density at radius 3 is 2.59 bits per heavy atom. The highest BCUT2D eigenvalue weighted by Gasteiger charge is 2.16. The van der Waals surface area contributed by atoms with Crippen molar-refractivity contribution >= 4 is 17.5 Å². The highest BCUT2D eigenvalue weighted by atomic mass is 35.5. The Hall–Kier alpha value is -3.31. The monoisotopic (exact) mass is 419 g/mol. The lowest BCUT2D eigenvalue weighted by molar-refractivity contribution is 0.0997. The van der Waals surface area contributed by atoms with Crippen molar-refractivity contribution in [3.63, 3.8) is 0 Å². The van der Waals surface area contributed by atoms with E-state index in [4.69, 9.17) is 17.3 Å². The largest absolute Gasteiger partial charge is 0.386 e. The third kappa shape index (κ3) is 4.41. The van der Waals surface area contributed by atoms with E-state index in [1.807, 2.05) is 0 Å². The fourth-order valence-electron chi connectivity index (χ4n) is 2.73. The molecular weight excluding hydrogens is 402 g/mol. The second-order valence-corrected chi connectivity index (χ2v) is 6.63. The highest BCUT2D eigenvalue weighted by molar-refractivity contribution is 6.30. The number of nitrogens with zero attached hydrogens (tertiary/aromatic N) is 6. The predicted molar refractivity (Wildman–Crippen MR) is 102 cm³/mol. The van der Waals surface area contributed by atoms with Gasteiger partial charge in [-0.1, -0.05) is 23.7 Å². The Kier molecular flexibility index (Phi) is 5.89. The number of halogens is 1. The first kappa shape index (κ1) is 20.4. The van der Waals surface area contributed by atoms with Gasteiger partial charge in [-0.2, -0.15) is 4.80 Å². The minimum Gasteiger partial charge on any atom is -0.386 e. The van der Waals surface area contributed by atoms with E-state index in [9.17, 15) is 19.5 Å². The van der Waals surface area contributed by atoms with Crippen LogP contribution in [0.2, 0.25) is 5.02 Å². The smallest absolute Gasteiger partial charge is 0.331 e. The molecule has 11 nitrogen and oxygen atoms in total. The number of tetrazole rings is 1. The van der Waals surface area contributed by atoms with Gasteiger partial charge in [0.15, 0.2) is 5.82 Å². The van der Waals surface area contributed by atoms with E-state index in [0.29, 0.717) is 10.6 Å². The molecule has 1 atom stereocenters. The van der Waals surface area contributed by atoms with E-state index >= 15 is 0 Å². The molecule has 0 aliphatic rings. The summed E-state index contributed by atoms with van der Waals surface area (Å²) in [7, 11) is 0.